The molecule has 0 bridgehead atoms. The summed E-state index contributed by atoms with van der Waals surface area (Å²) < 4.78 is 8.19. The predicted molar refractivity (Wildman–Crippen MR) is 103 cm³/mol. The Morgan fingerprint density at radius 3 is 3.04 bits per heavy atom. The molecule has 0 radical (unpaired) electrons. The van der Waals surface area contributed by atoms with Crippen molar-refractivity contribution in [2.75, 3.05) is 26.2 Å². The molecule has 2 aromatic rings. The minimum atomic E-state index is -0.00280. The van der Waals surface area contributed by atoms with E-state index in [1.165, 1.54) is 12.8 Å². The second-order valence-electron chi connectivity index (χ2n) is 6.67. The van der Waals surface area contributed by atoms with Gasteiger partial charge in [-0.1, -0.05) is 27.5 Å². The smallest absolute Gasteiger partial charge is 0.274 e. The summed E-state index contributed by atoms with van der Waals surface area (Å²) in [5.74, 6) is 0.576. The summed E-state index contributed by atoms with van der Waals surface area (Å²) in [5, 5.41) is 4.89. The number of fused-ring (bicyclic) bond motifs is 1. The molecule has 138 valence electrons. The summed E-state index contributed by atoms with van der Waals surface area (Å²) >= 11 is 9.51. The SMILES string of the molecule is O=C(c1ccn(COc2ccc(Br)cc2Cl)n1)N1CCN2CCC[C@@H]2C1. The second-order valence-corrected chi connectivity index (χ2v) is 7.99. The Hall–Kier alpha value is -1.57. The molecule has 4 rings (SSSR count). The van der Waals surface area contributed by atoms with E-state index in [4.69, 9.17) is 16.3 Å². The number of rotatable bonds is 4. The number of hydrogen-bond acceptors (Lipinski definition) is 4. The maximum absolute atomic E-state index is 12.7. The van der Waals surface area contributed by atoms with E-state index >= 15 is 0 Å². The molecule has 6 nitrogen and oxygen atoms in total. The minimum Gasteiger partial charge on any atom is -0.470 e. The Morgan fingerprint density at radius 2 is 2.19 bits per heavy atom. The number of piperazine rings is 1. The van der Waals surface area contributed by atoms with E-state index in [0.717, 1.165) is 30.7 Å². The molecular weight excluding hydrogens is 420 g/mol. The van der Waals surface area contributed by atoms with Gasteiger partial charge in [0.2, 0.25) is 0 Å². The summed E-state index contributed by atoms with van der Waals surface area (Å²) in [5.41, 5.74) is 0.460. The maximum atomic E-state index is 12.7. The lowest BCUT2D eigenvalue weighted by molar-refractivity contribution is 0.0564. The average Bonchev–Trinajstić information content (AvgIpc) is 3.29. The molecule has 1 aromatic heterocycles. The predicted octanol–water partition coefficient (Wildman–Crippen LogP) is 3.26. The van der Waals surface area contributed by atoms with Crippen LogP contribution in [-0.2, 0) is 6.73 Å². The van der Waals surface area contributed by atoms with Crippen molar-refractivity contribution in [1.82, 2.24) is 19.6 Å². The van der Waals surface area contributed by atoms with Crippen molar-refractivity contribution in [1.29, 1.82) is 0 Å². The van der Waals surface area contributed by atoms with E-state index in [2.05, 4.69) is 25.9 Å². The third-order valence-corrected chi connectivity index (χ3v) is 5.77. The Balaban J connectivity index is 1.37. The molecule has 2 fully saturated rings. The fraction of sp³-hybridized carbons (Fsp3) is 0.444. The van der Waals surface area contributed by atoms with Crippen LogP contribution in [0.4, 0.5) is 0 Å². The second kappa shape index (κ2) is 7.58. The highest BCUT2D eigenvalue weighted by Gasteiger charge is 2.33. The third-order valence-electron chi connectivity index (χ3n) is 4.98. The van der Waals surface area contributed by atoms with Gasteiger partial charge in [-0.15, -0.1) is 0 Å². The van der Waals surface area contributed by atoms with E-state index in [1.807, 2.05) is 11.0 Å². The van der Waals surface area contributed by atoms with E-state index in [1.54, 1.807) is 29.1 Å². The van der Waals surface area contributed by atoms with E-state index in [-0.39, 0.29) is 12.6 Å². The van der Waals surface area contributed by atoms with Crippen LogP contribution >= 0.6 is 27.5 Å². The van der Waals surface area contributed by atoms with Crippen LogP contribution in [0.15, 0.2) is 34.9 Å². The van der Waals surface area contributed by atoms with Crippen LogP contribution in [0.1, 0.15) is 23.3 Å². The van der Waals surface area contributed by atoms with Crippen molar-refractivity contribution in [3.05, 3.63) is 45.7 Å². The number of carbonyl (C=O) groups is 1. The highest BCUT2D eigenvalue weighted by Crippen LogP contribution is 2.28. The number of benzene rings is 1. The fourth-order valence-corrected chi connectivity index (χ4v) is 4.34. The van der Waals surface area contributed by atoms with Crippen LogP contribution in [0.3, 0.4) is 0 Å². The Labute approximate surface area is 165 Å². The van der Waals surface area contributed by atoms with Gasteiger partial charge in [0.15, 0.2) is 12.4 Å². The molecule has 0 saturated carbocycles. The summed E-state index contributed by atoms with van der Waals surface area (Å²) in [7, 11) is 0. The van der Waals surface area contributed by atoms with Gasteiger partial charge >= 0.3 is 0 Å². The van der Waals surface area contributed by atoms with Crippen LogP contribution in [-0.4, -0.2) is 57.7 Å². The molecule has 0 spiro atoms. The highest BCUT2D eigenvalue weighted by atomic mass is 79.9. The van der Waals surface area contributed by atoms with Crippen molar-refractivity contribution in [2.45, 2.75) is 25.6 Å². The zero-order valence-corrected chi connectivity index (χ0v) is 16.6. The molecule has 0 unspecified atom stereocenters. The number of carbonyl (C=O) groups excluding carboxylic acids is 1. The molecular formula is C18H20BrClN4O2. The van der Waals surface area contributed by atoms with Crippen LogP contribution in [0.25, 0.3) is 0 Å². The van der Waals surface area contributed by atoms with Crippen LogP contribution < -0.4 is 4.74 Å². The summed E-state index contributed by atoms with van der Waals surface area (Å²) in [6.45, 7) is 3.90. The van der Waals surface area contributed by atoms with Crippen molar-refractivity contribution >= 4 is 33.4 Å². The van der Waals surface area contributed by atoms with Crippen molar-refractivity contribution < 1.29 is 9.53 Å². The first-order chi connectivity index (χ1) is 12.6. The molecule has 2 aliphatic heterocycles. The summed E-state index contributed by atoms with van der Waals surface area (Å²) in [6, 6.07) is 7.69. The molecule has 3 heterocycles. The first-order valence-electron chi connectivity index (χ1n) is 8.75. The van der Waals surface area contributed by atoms with Gasteiger partial charge < -0.3 is 9.64 Å². The molecule has 0 aliphatic carbocycles. The number of amides is 1. The van der Waals surface area contributed by atoms with Gasteiger partial charge in [-0.3, -0.25) is 9.69 Å². The lowest BCUT2D eigenvalue weighted by Gasteiger charge is -2.37. The van der Waals surface area contributed by atoms with Gasteiger partial charge in [-0.2, -0.15) is 5.10 Å². The number of halogens is 2. The topological polar surface area (TPSA) is 50.6 Å². The lowest BCUT2D eigenvalue weighted by Crippen LogP contribution is -2.52. The molecule has 1 atom stereocenters. The molecule has 0 N–H and O–H groups in total. The van der Waals surface area contributed by atoms with Crippen molar-refractivity contribution in [3.8, 4) is 5.75 Å². The molecule has 26 heavy (non-hydrogen) atoms. The van der Waals surface area contributed by atoms with E-state index < -0.39 is 0 Å². The summed E-state index contributed by atoms with van der Waals surface area (Å²) in [4.78, 5) is 17.1. The first kappa shape index (κ1) is 17.8. The number of aromatic nitrogens is 2. The monoisotopic (exact) mass is 438 g/mol. The van der Waals surface area contributed by atoms with Gasteiger partial charge in [0, 0.05) is 36.3 Å². The molecule has 8 heteroatoms. The Bertz CT molecular complexity index is 812. The molecule has 1 aromatic carbocycles. The van der Waals surface area contributed by atoms with Gasteiger partial charge in [-0.25, -0.2) is 4.68 Å². The van der Waals surface area contributed by atoms with E-state index in [0.29, 0.717) is 22.5 Å². The Kier molecular flexibility index (Phi) is 5.20. The van der Waals surface area contributed by atoms with Gasteiger partial charge in [0.05, 0.1) is 5.02 Å². The molecule has 2 aliphatic rings. The van der Waals surface area contributed by atoms with Crippen LogP contribution in [0.5, 0.6) is 5.75 Å². The van der Waals surface area contributed by atoms with E-state index in [9.17, 15) is 4.79 Å². The molecule has 2 saturated heterocycles. The summed E-state index contributed by atoms with van der Waals surface area (Å²) in [6.07, 6.45) is 4.17. The van der Waals surface area contributed by atoms with Crippen LogP contribution in [0.2, 0.25) is 5.02 Å². The number of nitrogens with zero attached hydrogens (tertiary/aromatic N) is 4. The van der Waals surface area contributed by atoms with Gasteiger partial charge in [-0.05, 0) is 43.7 Å². The van der Waals surface area contributed by atoms with Crippen LogP contribution in [0, 0.1) is 0 Å². The van der Waals surface area contributed by atoms with Gasteiger partial charge in [0.1, 0.15) is 5.75 Å². The Morgan fingerprint density at radius 1 is 1.31 bits per heavy atom. The zero-order chi connectivity index (χ0) is 18.1. The third kappa shape index (κ3) is 3.75. The minimum absolute atomic E-state index is 0.00280. The quantitative estimate of drug-likeness (QED) is 0.734. The maximum Gasteiger partial charge on any atom is 0.274 e. The molecule has 1 amide bonds. The van der Waals surface area contributed by atoms with Crippen molar-refractivity contribution in [2.24, 2.45) is 0 Å². The highest BCUT2D eigenvalue weighted by molar-refractivity contribution is 9.10. The average molecular weight is 440 g/mol. The van der Waals surface area contributed by atoms with Crippen molar-refractivity contribution in [3.63, 3.8) is 0 Å². The largest absolute Gasteiger partial charge is 0.470 e. The standard InChI is InChI=1S/C18H20BrClN4O2/c19-13-3-4-17(15(20)10-13)26-12-24-7-5-16(21-24)18(25)23-9-8-22-6-1-2-14(22)11-23/h3-5,7,10,14H,1-2,6,8-9,11-12H2/t14-/m1/s1. The van der Waals surface area contributed by atoms with Gasteiger partial charge in [0.25, 0.3) is 5.91 Å². The fourth-order valence-electron chi connectivity index (χ4n) is 3.61. The number of hydrogen-bond donors (Lipinski definition) is 0. The first-order valence-corrected chi connectivity index (χ1v) is 9.92. The zero-order valence-electron chi connectivity index (χ0n) is 14.3. The lowest BCUT2D eigenvalue weighted by atomic mass is 10.1. The number of ether oxygens (including phenoxy) is 1. The normalized spacial score (nSPS) is 20.2.